The molecule has 0 aliphatic rings. The highest BCUT2D eigenvalue weighted by Crippen LogP contribution is 2.22. The van der Waals surface area contributed by atoms with Crippen LogP contribution in [0.4, 0.5) is 5.82 Å². The average molecular weight is 254 g/mol. The van der Waals surface area contributed by atoms with Crippen molar-refractivity contribution in [2.45, 2.75) is 46.5 Å². The first kappa shape index (κ1) is 14.5. The summed E-state index contributed by atoms with van der Waals surface area (Å²) in [6, 6.07) is 0. The van der Waals surface area contributed by atoms with E-state index in [0.717, 1.165) is 6.42 Å². The molecule has 1 aromatic rings. The Hall–Kier alpha value is -1.59. The summed E-state index contributed by atoms with van der Waals surface area (Å²) in [5, 5.41) is 9.65. The van der Waals surface area contributed by atoms with Crippen LogP contribution in [0.25, 0.3) is 0 Å². The van der Waals surface area contributed by atoms with Gasteiger partial charge in [0.25, 0.3) is 5.91 Å². The molecule has 0 radical (unpaired) electrons. The van der Waals surface area contributed by atoms with Crippen molar-refractivity contribution < 1.29 is 9.42 Å². The number of nitrogens with zero attached hydrogens (tertiary/aromatic N) is 2. The molecule has 102 valence electrons. The summed E-state index contributed by atoms with van der Waals surface area (Å²) in [6.45, 7) is 7.03. The molecule has 0 fully saturated rings. The minimum absolute atomic E-state index is 0.0243. The maximum atomic E-state index is 11.7. The first-order valence-corrected chi connectivity index (χ1v) is 6.32. The van der Waals surface area contributed by atoms with Gasteiger partial charge in [-0.25, -0.2) is 4.63 Å². The van der Waals surface area contributed by atoms with Gasteiger partial charge in [0, 0.05) is 6.54 Å². The summed E-state index contributed by atoms with van der Waals surface area (Å²) in [5.74, 6) is -0.311. The SMILES string of the molecule is CCCCCC(C)(C)CNC(=O)c1nonc1N. The van der Waals surface area contributed by atoms with E-state index in [9.17, 15) is 4.79 Å². The number of rotatable bonds is 7. The summed E-state index contributed by atoms with van der Waals surface area (Å²) in [7, 11) is 0. The molecule has 0 spiro atoms. The number of anilines is 1. The lowest BCUT2D eigenvalue weighted by Gasteiger charge is -2.24. The molecular formula is C12H22N4O2. The van der Waals surface area contributed by atoms with Gasteiger partial charge >= 0.3 is 0 Å². The fraction of sp³-hybridized carbons (Fsp3) is 0.750. The van der Waals surface area contributed by atoms with Gasteiger partial charge in [-0.15, -0.1) is 0 Å². The van der Waals surface area contributed by atoms with Crippen LogP contribution >= 0.6 is 0 Å². The molecule has 6 nitrogen and oxygen atoms in total. The molecular weight excluding hydrogens is 232 g/mol. The molecule has 0 bridgehead atoms. The molecule has 0 unspecified atom stereocenters. The third kappa shape index (κ3) is 4.35. The lowest BCUT2D eigenvalue weighted by Crippen LogP contribution is -2.34. The first-order chi connectivity index (χ1) is 8.46. The van der Waals surface area contributed by atoms with Gasteiger partial charge in [0.15, 0.2) is 0 Å². The second-order valence-electron chi connectivity index (χ2n) is 5.30. The van der Waals surface area contributed by atoms with Gasteiger partial charge in [0.1, 0.15) is 0 Å². The molecule has 0 aromatic carbocycles. The van der Waals surface area contributed by atoms with Crippen LogP contribution in [0.2, 0.25) is 0 Å². The third-order valence-corrected chi connectivity index (χ3v) is 2.91. The summed E-state index contributed by atoms with van der Waals surface area (Å²) in [4.78, 5) is 11.7. The zero-order valence-corrected chi connectivity index (χ0v) is 11.3. The van der Waals surface area contributed by atoms with Crippen molar-refractivity contribution in [1.82, 2.24) is 15.6 Å². The normalized spacial score (nSPS) is 11.5. The van der Waals surface area contributed by atoms with Crippen molar-refractivity contribution in [3.05, 3.63) is 5.69 Å². The molecule has 18 heavy (non-hydrogen) atoms. The van der Waals surface area contributed by atoms with E-state index >= 15 is 0 Å². The van der Waals surface area contributed by atoms with Gasteiger partial charge in [0.2, 0.25) is 11.5 Å². The topological polar surface area (TPSA) is 94.0 Å². The second-order valence-corrected chi connectivity index (χ2v) is 5.30. The number of amides is 1. The molecule has 6 heteroatoms. The van der Waals surface area contributed by atoms with Crippen LogP contribution in [-0.4, -0.2) is 22.8 Å². The predicted molar refractivity (Wildman–Crippen MR) is 69.0 cm³/mol. The van der Waals surface area contributed by atoms with Gasteiger partial charge < -0.3 is 11.1 Å². The number of hydrogen-bond acceptors (Lipinski definition) is 5. The average Bonchev–Trinajstić information content (AvgIpc) is 2.73. The Bertz CT molecular complexity index is 387. The van der Waals surface area contributed by atoms with Crippen LogP contribution in [-0.2, 0) is 0 Å². The summed E-state index contributed by atoms with van der Waals surface area (Å²) >= 11 is 0. The fourth-order valence-electron chi connectivity index (χ4n) is 1.70. The number of nitrogens with two attached hydrogens (primary N) is 1. The third-order valence-electron chi connectivity index (χ3n) is 2.91. The van der Waals surface area contributed by atoms with E-state index < -0.39 is 0 Å². The minimum atomic E-state index is -0.336. The number of carbonyl (C=O) groups is 1. The van der Waals surface area contributed by atoms with Crippen molar-refractivity contribution in [2.24, 2.45) is 5.41 Å². The van der Waals surface area contributed by atoms with E-state index in [1.807, 2.05) is 0 Å². The van der Waals surface area contributed by atoms with Crippen LogP contribution in [0.1, 0.15) is 56.9 Å². The fourth-order valence-corrected chi connectivity index (χ4v) is 1.70. The number of aromatic nitrogens is 2. The lowest BCUT2D eigenvalue weighted by atomic mass is 9.87. The molecule has 0 aliphatic heterocycles. The van der Waals surface area contributed by atoms with Crippen molar-refractivity contribution in [2.75, 3.05) is 12.3 Å². The van der Waals surface area contributed by atoms with Crippen LogP contribution in [0.5, 0.6) is 0 Å². The standard InChI is InChI=1S/C12H22N4O2/c1-4-5-6-7-12(2,3)8-14-11(17)9-10(13)16-18-15-9/h4-8H2,1-3H3,(H2,13,16)(H,14,17). The Morgan fingerprint density at radius 2 is 2.11 bits per heavy atom. The van der Waals surface area contributed by atoms with E-state index in [1.54, 1.807) is 0 Å². The molecule has 0 atom stereocenters. The highest BCUT2D eigenvalue weighted by Gasteiger charge is 2.21. The Morgan fingerprint density at radius 3 is 2.67 bits per heavy atom. The molecule has 3 N–H and O–H groups in total. The Labute approximate surface area is 107 Å². The zero-order valence-electron chi connectivity index (χ0n) is 11.3. The maximum absolute atomic E-state index is 11.7. The van der Waals surface area contributed by atoms with Crippen molar-refractivity contribution in [3.8, 4) is 0 Å². The van der Waals surface area contributed by atoms with Gasteiger partial charge in [-0.3, -0.25) is 4.79 Å². The van der Waals surface area contributed by atoms with Crippen LogP contribution < -0.4 is 11.1 Å². The van der Waals surface area contributed by atoms with Crippen LogP contribution in [0.3, 0.4) is 0 Å². The molecule has 1 aromatic heterocycles. The van der Waals surface area contributed by atoms with Crippen molar-refractivity contribution in [3.63, 3.8) is 0 Å². The second kappa shape index (κ2) is 6.37. The van der Waals surface area contributed by atoms with Gasteiger partial charge in [-0.05, 0) is 22.1 Å². The van der Waals surface area contributed by atoms with E-state index in [1.165, 1.54) is 19.3 Å². The summed E-state index contributed by atoms with van der Waals surface area (Å²) < 4.78 is 4.39. The minimum Gasteiger partial charge on any atom is -0.379 e. The van der Waals surface area contributed by atoms with Crippen LogP contribution in [0, 0.1) is 5.41 Å². The van der Waals surface area contributed by atoms with Crippen LogP contribution in [0.15, 0.2) is 4.63 Å². The highest BCUT2D eigenvalue weighted by molar-refractivity contribution is 5.95. The summed E-state index contributed by atoms with van der Waals surface area (Å²) in [6.07, 6.45) is 4.67. The number of nitrogen functional groups attached to an aromatic ring is 1. The molecule has 1 amide bonds. The Kier molecular flexibility index (Phi) is 5.12. The van der Waals surface area contributed by atoms with E-state index in [2.05, 4.69) is 41.0 Å². The number of carbonyl (C=O) groups excluding carboxylic acids is 1. The first-order valence-electron chi connectivity index (χ1n) is 6.32. The van der Waals surface area contributed by atoms with Crippen molar-refractivity contribution in [1.29, 1.82) is 0 Å². The van der Waals surface area contributed by atoms with E-state index in [4.69, 9.17) is 5.73 Å². The molecule has 0 saturated heterocycles. The molecule has 1 heterocycles. The van der Waals surface area contributed by atoms with Gasteiger partial charge in [-0.2, -0.15) is 0 Å². The molecule has 1 rings (SSSR count). The lowest BCUT2D eigenvalue weighted by molar-refractivity contribution is 0.0924. The summed E-state index contributed by atoms with van der Waals surface area (Å²) in [5.41, 5.74) is 5.57. The van der Waals surface area contributed by atoms with Crippen molar-refractivity contribution >= 4 is 11.7 Å². The number of nitrogens with one attached hydrogen (secondary N) is 1. The van der Waals surface area contributed by atoms with E-state index in [-0.39, 0.29) is 22.8 Å². The van der Waals surface area contributed by atoms with E-state index in [0.29, 0.717) is 6.54 Å². The number of unbranched alkanes of at least 4 members (excludes halogenated alkanes) is 2. The Balaban J connectivity index is 2.40. The van der Waals surface area contributed by atoms with Gasteiger partial charge in [-0.1, -0.05) is 40.0 Å². The monoisotopic (exact) mass is 254 g/mol. The zero-order chi connectivity index (χ0) is 13.6. The molecule has 0 aliphatic carbocycles. The predicted octanol–water partition coefficient (Wildman–Crippen LogP) is 1.99. The Morgan fingerprint density at radius 1 is 1.39 bits per heavy atom. The maximum Gasteiger partial charge on any atom is 0.277 e. The highest BCUT2D eigenvalue weighted by atomic mass is 16.6. The quantitative estimate of drug-likeness (QED) is 0.726. The molecule has 0 saturated carbocycles. The van der Waals surface area contributed by atoms with Gasteiger partial charge in [0.05, 0.1) is 0 Å². The smallest absolute Gasteiger partial charge is 0.277 e. The largest absolute Gasteiger partial charge is 0.379 e. The number of hydrogen-bond donors (Lipinski definition) is 2.